The lowest BCUT2D eigenvalue weighted by atomic mass is 10.1. The van der Waals surface area contributed by atoms with E-state index in [2.05, 4.69) is 15.2 Å². The molecule has 1 saturated heterocycles. The number of aromatic nitrogens is 3. The SMILES string of the molecule is O=C(c1n[nH]c2ccccc12)N1CCC[C@@H]1c1ncc(Cc2cccc(Cl)c2)o1. The van der Waals surface area contributed by atoms with E-state index in [0.29, 0.717) is 29.6 Å². The first-order valence-electron chi connectivity index (χ1n) is 9.62. The zero-order valence-electron chi connectivity index (χ0n) is 15.6. The predicted molar refractivity (Wildman–Crippen MR) is 110 cm³/mol. The number of aromatic amines is 1. The summed E-state index contributed by atoms with van der Waals surface area (Å²) < 4.78 is 6.02. The van der Waals surface area contributed by atoms with Crippen molar-refractivity contribution in [1.82, 2.24) is 20.1 Å². The van der Waals surface area contributed by atoms with Gasteiger partial charge in [-0.05, 0) is 36.6 Å². The summed E-state index contributed by atoms with van der Waals surface area (Å²) in [5.41, 5.74) is 2.35. The fraction of sp³-hybridized carbons (Fsp3) is 0.227. The molecule has 0 spiro atoms. The number of rotatable bonds is 4. The van der Waals surface area contributed by atoms with Crippen LogP contribution in [0.15, 0.2) is 59.1 Å². The number of hydrogen-bond acceptors (Lipinski definition) is 4. The van der Waals surface area contributed by atoms with Crippen molar-refractivity contribution in [2.45, 2.75) is 25.3 Å². The highest BCUT2D eigenvalue weighted by Crippen LogP contribution is 2.34. The van der Waals surface area contributed by atoms with E-state index in [-0.39, 0.29) is 11.9 Å². The zero-order chi connectivity index (χ0) is 19.8. The van der Waals surface area contributed by atoms with Crippen molar-refractivity contribution in [2.24, 2.45) is 0 Å². The average Bonchev–Trinajstić information content (AvgIpc) is 3.46. The summed E-state index contributed by atoms with van der Waals surface area (Å²) in [5.74, 6) is 1.24. The highest BCUT2D eigenvalue weighted by Gasteiger charge is 2.35. The van der Waals surface area contributed by atoms with Crippen LogP contribution in [0.4, 0.5) is 0 Å². The Hall–Kier alpha value is -3.12. The molecule has 29 heavy (non-hydrogen) atoms. The van der Waals surface area contributed by atoms with E-state index in [4.69, 9.17) is 16.0 Å². The molecule has 6 nitrogen and oxygen atoms in total. The van der Waals surface area contributed by atoms with Crippen LogP contribution in [0.2, 0.25) is 5.02 Å². The number of oxazole rings is 1. The number of nitrogens with one attached hydrogen (secondary N) is 1. The highest BCUT2D eigenvalue weighted by atomic mass is 35.5. The molecule has 2 aromatic carbocycles. The topological polar surface area (TPSA) is 75.0 Å². The summed E-state index contributed by atoms with van der Waals surface area (Å²) in [4.78, 5) is 19.5. The van der Waals surface area contributed by atoms with E-state index < -0.39 is 0 Å². The molecule has 0 radical (unpaired) electrons. The molecular formula is C22H19ClN4O2. The number of carbonyl (C=O) groups excluding carboxylic acids is 1. The van der Waals surface area contributed by atoms with Gasteiger partial charge in [-0.1, -0.05) is 41.9 Å². The number of likely N-dealkylation sites (tertiary alicyclic amines) is 1. The van der Waals surface area contributed by atoms with Gasteiger partial charge in [0.15, 0.2) is 5.69 Å². The van der Waals surface area contributed by atoms with Crippen LogP contribution in [-0.4, -0.2) is 32.5 Å². The molecule has 4 aromatic rings. The first-order chi connectivity index (χ1) is 14.2. The van der Waals surface area contributed by atoms with Gasteiger partial charge in [0.05, 0.1) is 11.7 Å². The highest BCUT2D eigenvalue weighted by molar-refractivity contribution is 6.30. The Bertz CT molecular complexity index is 1180. The Morgan fingerprint density at radius 3 is 3.03 bits per heavy atom. The molecular weight excluding hydrogens is 388 g/mol. The Balaban J connectivity index is 1.38. The van der Waals surface area contributed by atoms with E-state index in [0.717, 1.165) is 35.1 Å². The van der Waals surface area contributed by atoms with E-state index in [9.17, 15) is 4.79 Å². The minimum Gasteiger partial charge on any atom is -0.443 e. The van der Waals surface area contributed by atoms with E-state index in [1.165, 1.54) is 0 Å². The molecule has 1 aliphatic rings. The number of halogens is 1. The van der Waals surface area contributed by atoms with Crippen LogP contribution in [0.5, 0.6) is 0 Å². The second kappa shape index (κ2) is 7.37. The van der Waals surface area contributed by atoms with Crippen LogP contribution in [0.3, 0.4) is 0 Å². The van der Waals surface area contributed by atoms with Gasteiger partial charge < -0.3 is 9.32 Å². The minimum absolute atomic E-state index is 0.0976. The molecule has 0 bridgehead atoms. The van der Waals surface area contributed by atoms with Gasteiger partial charge in [0.1, 0.15) is 11.8 Å². The monoisotopic (exact) mass is 406 g/mol. The minimum atomic E-state index is -0.175. The second-order valence-corrected chi connectivity index (χ2v) is 7.68. The fourth-order valence-electron chi connectivity index (χ4n) is 3.94. The Labute approximate surface area is 172 Å². The standard InChI is InChI=1S/C22H19ClN4O2/c23-15-6-3-5-14(11-15)12-16-13-24-21(29-16)19-9-4-10-27(19)22(28)20-17-7-1-2-8-18(17)25-26-20/h1-3,5-8,11,13,19H,4,9-10,12H2,(H,25,26)/t19-/m1/s1. The maximum absolute atomic E-state index is 13.2. The average molecular weight is 407 g/mol. The van der Waals surface area contributed by atoms with Crippen molar-refractivity contribution in [3.05, 3.63) is 82.7 Å². The maximum atomic E-state index is 13.2. The summed E-state index contributed by atoms with van der Waals surface area (Å²) in [5, 5.41) is 8.72. The van der Waals surface area contributed by atoms with Crippen LogP contribution in [0.1, 0.15) is 46.6 Å². The van der Waals surface area contributed by atoms with Gasteiger partial charge in [-0.3, -0.25) is 9.89 Å². The van der Waals surface area contributed by atoms with Crippen LogP contribution in [0, 0.1) is 0 Å². The van der Waals surface area contributed by atoms with Crippen molar-refractivity contribution in [3.63, 3.8) is 0 Å². The van der Waals surface area contributed by atoms with E-state index in [1.54, 1.807) is 6.20 Å². The molecule has 1 N–H and O–H groups in total. The molecule has 7 heteroatoms. The Kier molecular flexibility index (Phi) is 4.56. The van der Waals surface area contributed by atoms with Crippen molar-refractivity contribution in [2.75, 3.05) is 6.54 Å². The van der Waals surface area contributed by atoms with Gasteiger partial charge >= 0.3 is 0 Å². The summed E-state index contributed by atoms with van der Waals surface area (Å²) in [6.45, 7) is 0.663. The second-order valence-electron chi connectivity index (χ2n) is 7.25. The van der Waals surface area contributed by atoms with Crippen molar-refractivity contribution >= 4 is 28.4 Å². The summed E-state index contributed by atoms with van der Waals surface area (Å²) >= 11 is 6.07. The molecule has 1 aliphatic heterocycles. The third-order valence-electron chi connectivity index (χ3n) is 5.31. The van der Waals surface area contributed by atoms with Gasteiger partial charge in [0.25, 0.3) is 5.91 Å². The van der Waals surface area contributed by atoms with Crippen LogP contribution in [-0.2, 0) is 6.42 Å². The van der Waals surface area contributed by atoms with Crippen LogP contribution < -0.4 is 0 Å². The van der Waals surface area contributed by atoms with Crippen LogP contribution in [0.25, 0.3) is 10.9 Å². The van der Waals surface area contributed by atoms with Crippen molar-refractivity contribution < 1.29 is 9.21 Å². The first kappa shape index (κ1) is 17.9. The molecule has 5 rings (SSSR count). The predicted octanol–water partition coefficient (Wildman–Crippen LogP) is 4.77. The summed E-state index contributed by atoms with van der Waals surface area (Å²) in [6.07, 6.45) is 4.08. The summed E-state index contributed by atoms with van der Waals surface area (Å²) in [6, 6.07) is 15.2. The van der Waals surface area contributed by atoms with Gasteiger partial charge in [-0.15, -0.1) is 0 Å². The molecule has 0 unspecified atom stereocenters. The van der Waals surface area contributed by atoms with Gasteiger partial charge in [-0.25, -0.2) is 4.98 Å². The number of para-hydroxylation sites is 1. The smallest absolute Gasteiger partial charge is 0.275 e. The summed E-state index contributed by atoms with van der Waals surface area (Å²) in [7, 11) is 0. The molecule has 0 aliphatic carbocycles. The number of H-pyrrole nitrogens is 1. The zero-order valence-corrected chi connectivity index (χ0v) is 16.4. The molecule has 3 heterocycles. The molecule has 0 saturated carbocycles. The third-order valence-corrected chi connectivity index (χ3v) is 5.55. The fourth-order valence-corrected chi connectivity index (χ4v) is 4.15. The van der Waals surface area contributed by atoms with Crippen LogP contribution >= 0.6 is 11.6 Å². The number of amides is 1. The molecule has 1 atom stereocenters. The normalized spacial score (nSPS) is 16.6. The quantitative estimate of drug-likeness (QED) is 0.529. The lowest BCUT2D eigenvalue weighted by Gasteiger charge is -2.21. The lowest BCUT2D eigenvalue weighted by molar-refractivity contribution is 0.0710. The molecule has 1 amide bonds. The maximum Gasteiger partial charge on any atom is 0.275 e. The first-order valence-corrected chi connectivity index (χ1v) is 10.00. The number of benzene rings is 2. The van der Waals surface area contributed by atoms with Crippen molar-refractivity contribution in [3.8, 4) is 0 Å². The van der Waals surface area contributed by atoms with Gasteiger partial charge in [-0.2, -0.15) is 5.10 Å². The largest absolute Gasteiger partial charge is 0.443 e. The molecule has 1 fully saturated rings. The van der Waals surface area contributed by atoms with Gasteiger partial charge in [0.2, 0.25) is 5.89 Å². The van der Waals surface area contributed by atoms with E-state index in [1.807, 2.05) is 53.4 Å². The number of carbonyl (C=O) groups is 1. The van der Waals surface area contributed by atoms with Crippen molar-refractivity contribution in [1.29, 1.82) is 0 Å². The molecule has 2 aromatic heterocycles. The van der Waals surface area contributed by atoms with E-state index >= 15 is 0 Å². The van der Waals surface area contributed by atoms with Gasteiger partial charge in [0, 0.05) is 23.4 Å². The number of nitrogens with zero attached hydrogens (tertiary/aromatic N) is 3. The third kappa shape index (κ3) is 3.40. The Morgan fingerprint density at radius 1 is 1.24 bits per heavy atom. The Morgan fingerprint density at radius 2 is 2.14 bits per heavy atom. The molecule has 146 valence electrons. The lowest BCUT2D eigenvalue weighted by Crippen LogP contribution is -2.31. The number of hydrogen-bond donors (Lipinski definition) is 1. The number of fused-ring (bicyclic) bond motifs is 1.